The van der Waals surface area contributed by atoms with E-state index in [4.69, 9.17) is 14.6 Å². The van der Waals surface area contributed by atoms with Crippen molar-refractivity contribution in [1.29, 1.82) is 0 Å². The Labute approximate surface area is 138 Å². The van der Waals surface area contributed by atoms with Crippen LogP contribution in [0.15, 0.2) is 48.5 Å². The maximum Gasteiger partial charge on any atom is 0.119 e. The van der Waals surface area contributed by atoms with Gasteiger partial charge in [-0.1, -0.05) is 26.0 Å². The van der Waals surface area contributed by atoms with Gasteiger partial charge in [0.25, 0.3) is 0 Å². The van der Waals surface area contributed by atoms with Gasteiger partial charge in [-0.15, -0.1) is 0 Å². The van der Waals surface area contributed by atoms with Crippen LogP contribution >= 0.6 is 0 Å². The quantitative estimate of drug-likeness (QED) is 0.776. The summed E-state index contributed by atoms with van der Waals surface area (Å²) in [4.78, 5) is 0. The van der Waals surface area contributed by atoms with Gasteiger partial charge in [0.15, 0.2) is 0 Å². The molecule has 1 unspecified atom stereocenters. The van der Waals surface area contributed by atoms with Crippen LogP contribution in [0.4, 0.5) is 5.69 Å². The monoisotopic (exact) mass is 315 g/mol. The average Bonchev–Trinajstić information content (AvgIpc) is 2.59. The van der Waals surface area contributed by atoms with Crippen molar-refractivity contribution in [2.45, 2.75) is 19.9 Å². The van der Waals surface area contributed by atoms with Crippen LogP contribution in [0, 0.1) is 5.92 Å². The molecule has 0 spiro atoms. The molecule has 4 nitrogen and oxygen atoms in total. The highest BCUT2D eigenvalue weighted by Gasteiger charge is 2.15. The lowest BCUT2D eigenvalue weighted by atomic mass is 9.95. The van der Waals surface area contributed by atoms with Crippen molar-refractivity contribution in [3.05, 3.63) is 54.1 Å². The van der Waals surface area contributed by atoms with Gasteiger partial charge in [0.2, 0.25) is 0 Å². The molecule has 0 bridgehead atoms. The highest BCUT2D eigenvalue weighted by Crippen LogP contribution is 2.28. The number of hydrogen-bond donors (Lipinski definition) is 2. The fourth-order valence-electron chi connectivity index (χ4n) is 2.44. The van der Waals surface area contributed by atoms with Crippen LogP contribution in [0.25, 0.3) is 0 Å². The van der Waals surface area contributed by atoms with Gasteiger partial charge in [-0.3, -0.25) is 0 Å². The molecule has 0 amide bonds. The van der Waals surface area contributed by atoms with Crippen LogP contribution in [0.5, 0.6) is 11.5 Å². The lowest BCUT2D eigenvalue weighted by Crippen LogP contribution is -2.16. The first-order chi connectivity index (χ1) is 11.1. The molecule has 2 aromatic rings. The summed E-state index contributed by atoms with van der Waals surface area (Å²) in [7, 11) is 1.67. The molecule has 0 saturated heterocycles. The normalized spacial score (nSPS) is 12.0. The van der Waals surface area contributed by atoms with Crippen molar-refractivity contribution in [2.24, 2.45) is 5.92 Å². The van der Waals surface area contributed by atoms with Gasteiger partial charge < -0.3 is 19.9 Å². The minimum Gasteiger partial charge on any atom is -0.497 e. The van der Waals surface area contributed by atoms with Crippen molar-refractivity contribution in [3.8, 4) is 11.5 Å². The molecule has 0 radical (unpaired) electrons. The highest BCUT2D eigenvalue weighted by atomic mass is 16.5. The number of rotatable bonds is 8. The van der Waals surface area contributed by atoms with E-state index in [1.807, 2.05) is 36.4 Å². The Bertz CT molecular complexity index is 579. The van der Waals surface area contributed by atoms with Crippen LogP contribution in [-0.2, 0) is 0 Å². The lowest BCUT2D eigenvalue weighted by Gasteiger charge is -2.24. The highest BCUT2D eigenvalue weighted by molar-refractivity contribution is 5.48. The van der Waals surface area contributed by atoms with E-state index in [-0.39, 0.29) is 12.6 Å². The molecular weight excluding hydrogens is 290 g/mol. The number of ether oxygens (including phenoxy) is 2. The zero-order valence-electron chi connectivity index (χ0n) is 14.0. The van der Waals surface area contributed by atoms with Gasteiger partial charge in [-0.05, 0) is 47.9 Å². The average molecular weight is 315 g/mol. The molecule has 4 heteroatoms. The van der Waals surface area contributed by atoms with Crippen molar-refractivity contribution < 1.29 is 14.6 Å². The Morgan fingerprint density at radius 3 is 2.09 bits per heavy atom. The third-order valence-electron chi connectivity index (χ3n) is 3.68. The topological polar surface area (TPSA) is 50.7 Å². The van der Waals surface area contributed by atoms with E-state index in [1.54, 1.807) is 7.11 Å². The Kier molecular flexibility index (Phi) is 6.29. The van der Waals surface area contributed by atoms with E-state index < -0.39 is 0 Å². The second-order valence-electron chi connectivity index (χ2n) is 5.74. The molecule has 0 fully saturated rings. The molecule has 23 heavy (non-hydrogen) atoms. The first-order valence-electron chi connectivity index (χ1n) is 7.88. The predicted octanol–water partition coefficient (Wildman–Crippen LogP) is 3.88. The minimum atomic E-state index is 0.0207. The summed E-state index contributed by atoms with van der Waals surface area (Å²) in [5.41, 5.74) is 2.26. The molecular formula is C19H25NO3. The molecule has 1 atom stereocenters. The van der Waals surface area contributed by atoms with Crippen molar-refractivity contribution in [2.75, 3.05) is 25.6 Å². The molecule has 0 aromatic heterocycles. The fourth-order valence-corrected chi connectivity index (χ4v) is 2.44. The third kappa shape index (κ3) is 4.89. The largest absolute Gasteiger partial charge is 0.497 e. The van der Waals surface area contributed by atoms with Crippen LogP contribution in [-0.4, -0.2) is 25.4 Å². The summed E-state index contributed by atoms with van der Waals surface area (Å²) in [6, 6.07) is 16.2. The molecule has 0 saturated carbocycles. The zero-order valence-corrected chi connectivity index (χ0v) is 14.0. The van der Waals surface area contributed by atoms with E-state index >= 15 is 0 Å². The molecule has 0 aliphatic heterocycles. The van der Waals surface area contributed by atoms with Crippen molar-refractivity contribution in [3.63, 3.8) is 0 Å². The lowest BCUT2D eigenvalue weighted by molar-refractivity contribution is 0.201. The Hall–Kier alpha value is -2.20. The number of aliphatic hydroxyl groups is 1. The number of methoxy groups -OCH3 is 1. The van der Waals surface area contributed by atoms with E-state index in [0.29, 0.717) is 12.5 Å². The maximum absolute atomic E-state index is 8.78. The molecule has 0 aliphatic carbocycles. The number of hydrogen-bond acceptors (Lipinski definition) is 4. The number of aliphatic hydroxyl groups excluding tert-OH is 1. The van der Waals surface area contributed by atoms with E-state index in [9.17, 15) is 0 Å². The predicted molar refractivity (Wildman–Crippen MR) is 93.2 cm³/mol. The number of nitrogens with one attached hydrogen (secondary N) is 1. The van der Waals surface area contributed by atoms with Gasteiger partial charge in [0.05, 0.1) is 19.8 Å². The van der Waals surface area contributed by atoms with Crippen LogP contribution < -0.4 is 14.8 Å². The molecule has 124 valence electrons. The second kappa shape index (κ2) is 8.44. The summed E-state index contributed by atoms with van der Waals surface area (Å²) in [6.45, 7) is 4.72. The van der Waals surface area contributed by atoms with Gasteiger partial charge >= 0.3 is 0 Å². The molecule has 2 N–H and O–H groups in total. The van der Waals surface area contributed by atoms with Gasteiger partial charge in [0.1, 0.15) is 18.1 Å². The molecule has 2 rings (SSSR count). The van der Waals surface area contributed by atoms with Crippen molar-refractivity contribution in [1.82, 2.24) is 0 Å². The van der Waals surface area contributed by atoms with Gasteiger partial charge in [-0.2, -0.15) is 0 Å². The number of benzene rings is 2. The third-order valence-corrected chi connectivity index (χ3v) is 3.68. The fraction of sp³-hybridized carbons (Fsp3) is 0.368. The zero-order chi connectivity index (χ0) is 16.7. The number of anilines is 1. The smallest absolute Gasteiger partial charge is 0.119 e. The Morgan fingerprint density at radius 2 is 1.57 bits per heavy atom. The SMILES string of the molecule is COc1ccc(C(Nc2ccc(OCCO)cc2)C(C)C)cc1. The summed E-state index contributed by atoms with van der Waals surface area (Å²) >= 11 is 0. The van der Waals surface area contributed by atoms with Gasteiger partial charge in [-0.25, -0.2) is 0 Å². The van der Waals surface area contributed by atoms with Crippen molar-refractivity contribution >= 4 is 5.69 Å². The second-order valence-corrected chi connectivity index (χ2v) is 5.74. The van der Waals surface area contributed by atoms with E-state index in [1.165, 1.54) is 5.56 Å². The summed E-state index contributed by atoms with van der Waals surface area (Å²) in [6.07, 6.45) is 0. The van der Waals surface area contributed by atoms with E-state index in [2.05, 4.69) is 31.3 Å². The van der Waals surface area contributed by atoms with Crippen LogP contribution in [0.2, 0.25) is 0 Å². The van der Waals surface area contributed by atoms with E-state index in [0.717, 1.165) is 17.2 Å². The van der Waals surface area contributed by atoms with Gasteiger partial charge in [0, 0.05) is 5.69 Å². The first kappa shape index (κ1) is 17.2. The standard InChI is InChI=1S/C19H25NO3/c1-14(2)19(15-4-8-17(22-3)9-5-15)20-16-6-10-18(11-7-16)23-13-12-21/h4-11,14,19-21H,12-13H2,1-3H3. The van der Waals surface area contributed by atoms with Crippen LogP contribution in [0.1, 0.15) is 25.5 Å². The summed E-state index contributed by atoms with van der Waals surface area (Å²) in [5, 5.41) is 12.3. The molecule has 0 heterocycles. The summed E-state index contributed by atoms with van der Waals surface area (Å²) in [5.74, 6) is 2.06. The van der Waals surface area contributed by atoms with Crippen LogP contribution in [0.3, 0.4) is 0 Å². The molecule has 0 aliphatic rings. The Morgan fingerprint density at radius 1 is 0.957 bits per heavy atom. The summed E-state index contributed by atoms with van der Waals surface area (Å²) < 4.78 is 10.6. The molecule has 2 aromatic carbocycles. The first-order valence-corrected chi connectivity index (χ1v) is 7.88. The Balaban J connectivity index is 2.09. The maximum atomic E-state index is 8.78. The minimum absolute atomic E-state index is 0.0207.